The van der Waals surface area contributed by atoms with E-state index in [1.807, 2.05) is 23.7 Å². The second kappa shape index (κ2) is 3.91. The van der Waals surface area contributed by atoms with Crippen molar-refractivity contribution in [3.05, 3.63) is 17.5 Å². The quantitative estimate of drug-likeness (QED) is 0.682. The van der Waals surface area contributed by atoms with Crippen molar-refractivity contribution >= 4 is 0 Å². The Bertz CT molecular complexity index is 293. The lowest BCUT2D eigenvalue weighted by atomic mass is 10.3. The van der Waals surface area contributed by atoms with Crippen LogP contribution in [-0.4, -0.2) is 9.78 Å². The Morgan fingerprint density at radius 1 is 1.67 bits per heavy atom. The molecule has 0 aliphatic carbocycles. The molecule has 0 aliphatic heterocycles. The van der Waals surface area contributed by atoms with Gasteiger partial charge in [0.25, 0.3) is 0 Å². The van der Waals surface area contributed by atoms with Crippen LogP contribution in [0.25, 0.3) is 0 Å². The van der Waals surface area contributed by atoms with Gasteiger partial charge in [0, 0.05) is 12.2 Å². The predicted octanol–water partition coefficient (Wildman–Crippen LogP) is 1.86. The molecule has 0 saturated carbocycles. The lowest BCUT2D eigenvalue weighted by Gasteiger charge is -2.00. The van der Waals surface area contributed by atoms with Crippen LogP contribution in [0.2, 0.25) is 0 Å². The molecular weight excluding hydrogens is 150 g/mol. The van der Waals surface area contributed by atoms with E-state index in [1.165, 1.54) is 0 Å². The number of hydrogen-bond donors (Lipinski definition) is 0. The summed E-state index contributed by atoms with van der Waals surface area (Å²) in [5, 5.41) is 12.7. The van der Waals surface area contributed by atoms with E-state index < -0.39 is 0 Å². The van der Waals surface area contributed by atoms with Crippen LogP contribution in [0.15, 0.2) is 6.07 Å². The molecule has 0 aromatic carbocycles. The molecule has 0 saturated heterocycles. The van der Waals surface area contributed by atoms with Crippen LogP contribution in [0, 0.1) is 18.3 Å². The molecule has 0 spiro atoms. The maximum atomic E-state index is 8.57. The van der Waals surface area contributed by atoms with Crippen molar-refractivity contribution in [2.75, 3.05) is 0 Å². The summed E-state index contributed by atoms with van der Waals surface area (Å²) < 4.78 is 1.89. The van der Waals surface area contributed by atoms with E-state index in [9.17, 15) is 0 Å². The van der Waals surface area contributed by atoms with Gasteiger partial charge in [-0.05, 0) is 19.4 Å². The second-order valence-corrected chi connectivity index (χ2v) is 2.86. The lowest BCUT2D eigenvalue weighted by molar-refractivity contribution is 0.558. The molecule has 1 heterocycles. The van der Waals surface area contributed by atoms with Gasteiger partial charge >= 0.3 is 0 Å². The molecule has 12 heavy (non-hydrogen) atoms. The van der Waals surface area contributed by atoms with Crippen molar-refractivity contribution < 1.29 is 0 Å². The normalized spacial score (nSPS) is 9.75. The van der Waals surface area contributed by atoms with Crippen LogP contribution < -0.4 is 0 Å². The molecule has 0 atom stereocenters. The Hall–Kier alpha value is -1.30. The first-order chi connectivity index (χ1) is 5.77. The molecule has 0 bridgehead atoms. The average Bonchev–Trinajstić information content (AvgIpc) is 2.43. The van der Waals surface area contributed by atoms with Crippen LogP contribution in [0.5, 0.6) is 0 Å². The van der Waals surface area contributed by atoms with E-state index >= 15 is 0 Å². The van der Waals surface area contributed by atoms with Crippen LogP contribution >= 0.6 is 0 Å². The van der Waals surface area contributed by atoms with Gasteiger partial charge in [-0.1, -0.05) is 13.3 Å². The highest BCUT2D eigenvalue weighted by Gasteiger charge is 2.01. The summed E-state index contributed by atoms with van der Waals surface area (Å²) >= 11 is 0. The lowest BCUT2D eigenvalue weighted by Crippen LogP contribution is -2.01. The molecule has 0 aliphatic rings. The van der Waals surface area contributed by atoms with Gasteiger partial charge in [-0.25, -0.2) is 0 Å². The Morgan fingerprint density at radius 2 is 2.42 bits per heavy atom. The molecule has 1 rings (SSSR count). The third-order valence-electron chi connectivity index (χ3n) is 1.82. The van der Waals surface area contributed by atoms with Gasteiger partial charge < -0.3 is 0 Å². The first-order valence-electron chi connectivity index (χ1n) is 4.22. The van der Waals surface area contributed by atoms with Gasteiger partial charge in [-0.2, -0.15) is 10.4 Å². The smallest absolute Gasteiger partial charge is 0.162 e. The van der Waals surface area contributed by atoms with Crippen LogP contribution in [0.1, 0.15) is 31.2 Å². The first-order valence-corrected chi connectivity index (χ1v) is 4.22. The Kier molecular flexibility index (Phi) is 2.87. The number of hydrogen-bond acceptors (Lipinski definition) is 2. The summed E-state index contributed by atoms with van der Waals surface area (Å²) in [6, 6.07) is 3.85. The summed E-state index contributed by atoms with van der Waals surface area (Å²) in [7, 11) is 0. The fraction of sp³-hybridized carbons (Fsp3) is 0.556. The maximum absolute atomic E-state index is 8.57. The molecule has 0 unspecified atom stereocenters. The minimum absolute atomic E-state index is 0.517. The van der Waals surface area contributed by atoms with Crippen molar-refractivity contribution in [2.24, 2.45) is 0 Å². The minimum atomic E-state index is 0.517. The van der Waals surface area contributed by atoms with E-state index in [-0.39, 0.29) is 0 Å². The summed E-state index contributed by atoms with van der Waals surface area (Å²) in [4.78, 5) is 0. The molecule has 3 heteroatoms. The summed E-state index contributed by atoms with van der Waals surface area (Å²) in [6.07, 6.45) is 2.27. The van der Waals surface area contributed by atoms with Gasteiger partial charge in [0.05, 0.1) is 0 Å². The molecule has 0 fully saturated rings. The zero-order chi connectivity index (χ0) is 8.97. The van der Waals surface area contributed by atoms with Gasteiger partial charge in [-0.3, -0.25) is 4.68 Å². The number of nitriles is 1. The molecule has 1 aromatic heterocycles. The Labute approximate surface area is 72.6 Å². The van der Waals surface area contributed by atoms with Crippen LogP contribution in [0.3, 0.4) is 0 Å². The monoisotopic (exact) mass is 163 g/mol. The standard InChI is InChI=1S/C9H13N3/c1-3-4-5-12-8(2)6-9(7-10)11-12/h6H,3-5H2,1-2H3. The largest absolute Gasteiger partial charge is 0.269 e. The van der Waals surface area contributed by atoms with Crippen molar-refractivity contribution in [2.45, 2.75) is 33.2 Å². The molecule has 0 N–H and O–H groups in total. The van der Waals surface area contributed by atoms with Crippen molar-refractivity contribution in [1.29, 1.82) is 5.26 Å². The highest BCUT2D eigenvalue weighted by atomic mass is 15.3. The van der Waals surface area contributed by atoms with Crippen LogP contribution in [-0.2, 0) is 6.54 Å². The highest BCUT2D eigenvalue weighted by Crippen LogP contribution is 2.03. The number of aromatic nitrogens is 2. The SMILES string of the molecule is CCCCn1nc(C#N)cc1C. The molecule has 0 radical (unpaired) electrons. The van der Waals surface area contributed by atoms with Gasteiger partial charge in [0.1, 0.15) is 6.07 Å². The Morgan fingerprint density at radius 3 is 2.92 bits per heavy atom. The summed E-state index contributed by atoms with van der Waals surface area (Å²) in [5.41, 5.74) is 1.59. The van der Waals surface area contributed by atoms with E-state index in [4.69, 9.17) is 5.26 Å². The zero-order valence-electron chi connectivity index (χ0n) is 7.54. The summed E-state index contributed by atoms with van der Waals surface area (Å²) in [6.45, 7) is 5.04. The van der Waals surface area contributed by atoms with E-state index in [0.717, 1.165) is 25.1 Å². The first kappa shape index (κ1) is 8.79. The van der Waals surface area contributed by atoms with Crippen LogP contribution in [0.4, 0.5) is 0 Å². The number of aryl methyl sites for hydroxylation is 2. The molecular formula is C9H13N3. The van der Waals surface area contributed by atoms with E-state index in [2.05, 4.69) is 12.0 Å². The van der Waals surface area contributed by atoms with Crippen molar-refractivity contribution in [3.8, 4) is 6.07 Å². The number of nitrogens with zero attached hydrogens (tertiary/aromatic N) is 3. The number of unbranched alkanes of at least 4 members (excludes halogenated alkanes) is 1. The van der Waals surface area contributed by atoms with Crippen molar-refractivity contribution in [1.82, 2.24) is 9.78 Å². The summed E-state index contributed by atoms with van der Waals surface area (Å²) in [5.74, 6) is 0. The van der Waals surface area contributed by atoms with Gasteiger partial charge in [0.15, 0.2) is 5.69 Å². The average molecular weight is 163 g/mol. The van der Waals surface area contributed by atoms with Gasteiger partial charge in [0.2, 0.25) is 0 Å². The fourth-order valence-corrected chi connectivity index (χ4v) is 1.10. The van der Waals surface area contributed by atoms with Crippen molar-refractivity contribution in [3.63, 3.8) is 0 Å². The molecule has 0 amide bonds. The topological polar surface area (TPSA) is 41.6 Å². The van der Waals surface area contributed by atoms with Gasteiger partial charge in [-0.15, -0.1) is 0 Å². The predicted molar refractivity (Wildman–Crippen MR) is 46.6 cm³/mol. The minimum Gasteiger partial charge on any atom is -0.269 e. The molecule has 64 valence electrons. The fourth-order valence-electron chi connectivity index (χ4n) is 1.10. The third kappa shape index (κ3) is 1.85. The molecule has 3 nitrogen and oxygen atoms in total. The third-order valence-corrected chi connectivity index (χ3v) is 1.82. The van der Waals surface area contributed by atoms with E-state index in [0.29, 0.717) is 5.69 Å². The molecule has 1 aromatic rings. The number of rotatable bonds is 3. The Balaban J connectivity index is 2.72. The maximum Gasteiger partial charge on any atom is 0.162 e. The highest BCUT2D eigenvalue weighted by molar-refractivity contribution is 5.21. The zero-order valence-corrected chi connectivity index (χ0v) is 7.54. The van der Waals surface area contributed by atoms with E-state index in [1.54, 1.807) is 0 Å². The second-order valence-electron chi connectivity index (χ2n) is 2.86.